The van der Waals surface area contributed by atoms with Crippen LogP contribution in [0.5, 0.6) is 0 Å². The molecule has 6 rings (SSSR count). The Morgan fingerprint density at radius 2 is 1.68 bits per heavy atom. The van der Waals surface area contributed by atoms with E-state index in [0.29, 0.717) is 23.9 Å². The highest BCUT2D eigenvalue weighted by Crippen LogP contribution is 2.65. The van der Waals surface area contributed by atoms with E-state index in [2.05, 4.69) is 41.7 Å². The van der Waals surface area contributed by atoms with Crippen molar-refractivity contribution in [3.63, 3.8) is 0 Å². The first-order chi connectivity index (χ1) is 13.6. The minimum absolute atomic E-state index is 0.192. The molecule has 2 aromatic rings. The summed E-state index contributed by atoms with van der Waals surface area (Å²) in [6.07, 6.45) is 6.90. The molecule has 4 aliphatic carbocycles. The average molecular weight is 370 g/mol. The van der Waals surface area contributed by atoms with E-state index in [9.17, 15) is 4.79 Å². The minimum atomic E-state index is -0.202. The lowest BCUT2D eigenvalue weighted by atomic mass is 9.42. The molecule has 2 unspecified atom stereocenters. The fraction of sp³-hybridized carbons (Fsp3) is 0.440. The van der Waals surface area contributed by atoms with Crippen LogP contribution in [0.1, 0.15) is 55.2 Å². The van der Waals surface area contributed by atoms with Gasteiger partial charge in [-0.1, -0.05) is 42.5 Å². The molecule has 2 aromatic carbocycles. The number of nitrogens with one attached hydrogen (secondary N) is 1. The molecule has 0 spiro atoms. The van der Waals surface area contributed by atoms with Gasteiger partial charge in [-0.05, 0) is 79.0 Å². The number of hydrogen-bond acceptors (Lipinski definition) is 2. The molecule has 2 atom stereocenters. The summed E-state index contributed by atoms with van der Waals surface area (Å²) in [7, 11) is 0. The van der Waals surface area contributed by atoms with Crippen LogP contribution in [0.15, 0.2) is 54.6 Å². The molecular formula is C25H26N2O. The first kappa shape index (κ1) is 17.5. The fourth-order valence-electron chi connectivity index (χ4n) is 6.72. The van der Waals surface area contributed by atoms with E-state index in [-0.39, 0.29) is 16.7 Å². The zero-order chi connectivity index (χ0) is 19.2. The topological polar surface area (TPSA) is 52.9 Å². The summed E-state index contributed by atoms with van der Waals surface area (Å²) in [6.45, 7) is 0.542. The predicted molar refractivity (Wildman–Crippen MR) is 108 cm³/mol. The Morgan fingerprint density at radius 1 is 1.00 bits per heavy atom. The van der Waals surface area contributed by atoms with Gasteiger partial charge in [-0.2, -0.15) is 5.26 Å². The number of benzene rings is 2. The molecule has 3 heteroatoms. The van der Waals surface area contributed by atoms with Gasteiger partial charge in [0.05, 0.1) is 17.0 Å². The lowest BCUT2D eigenvalue weighted by molar-refractivity contribution is -0.149. The second kappa shape index (κ2) is 6.48. The van der Waals surface area contributed by atoms with Crippen molar-refractivity contribution in [1.82, 2.24) is 5.32 Å². The van der Waals surface area contributed by atoms with Crippen molar-refractivity contribution in [2.75, 3.05) is 0 Å². The molecule has 0 heterocycles. The third-order valence-electron chi connectivity index (χ3n) is 7.47. The predicted octanol–water partition coefficient (Wildman–Crippen LogP) is 4.71. The number of hydrogen-bond donors (Lipinski definition) is 1. The van der Waals surface area contributed by atoms with E-state index in [1.807, 2.05) is 24.3 Å². The number of amides is 1. The summed E-state index contributed by atoms with van der Waals surface area (Å²) >= 11 is 0. The van der Waals surface area contributed by atoms with Gasteiger partial charge in [0.15, 0.2) is 0 Å². The van der Waals surface area contributed by atoms with Crippen LogP contribution in [-0.2, 0) is 16.8 Å². The van der Waals surface area contributed by atoms with Crippen molar-refractivity contribution < 1.29 is 4.79 Å². The molecule has 0 radical (unpaired) electrons. The van der Waals surface area contributed by atoms with Gasteiger partial charge in [0.25, 0.3) is 0 Å². The van der Waals surface area contributed by atoms with Crippen LogP contribution < -0.4 is 5.32 Å². The maximum Gasteiger partial charge on any atom is 0.226 e. The van der Waals surface area contributed by atoms with Crippen molar-refractivity contribution in [3.05, 3.63) is 71.3 Å². The lowest BCUT2D eigenvalue weighted by Crippen LogP contribution is -2.59. The van der Waals surface area contributed by atoms with E-state index in [4.69, 9.17) is 5.26 Å². The van der Waals surface area contributed by atoms with Crippen LogP contribution in [0, 0.1) is 28.6 Å². The summed E-state index contributed by atoms with van der Waals surface area (Å²) in [4.78, 5) is 13.4. The van der Waals surface area contributed by atoms with Gasteiger partial charge in [0.1, 0.15) is 0 Å². The Bertz CT molecular complexity index is 911. The molecule has 4 fully saturated rings. The van der Waals surface area contributed by atoms with Gasteiger partial charge in [-0.15, -0.1) is 0 Å². The number of nitrogens with zero attached hydrogens (tertiary/aromatic N) is 1. The van der Waals surface area contributed by atoms with E-state index < -0.39 is 0 Å². The van der Waals surface area contributed by atoms with Gasteiger partial charge < -0.3 is 5.32 Å². The van der Waals surface area contributed by atoms with E-state index in [1.54, 1.807) is 0 Å². The average Bonchev–Trinajstić information content (AvgIpc) is 2.72. The smallest absolute Gasteiger partial charge is 0.226 e. The second-order valence-corrected chi connectivity index (χ2v) is 9.38. The molecular weight excluding hydrogens is 344 g/mol. The quantitative estimate of drug-likeness (QED) is 0.847. The largest absolute Gasteiger partial charge is 0.352 e. The van der Waals surface area contributed by atoms with E-state index in [0.717, 1.165) is 24.8 Å². The second-order valence-electron chi connectivity index (χ2n) is 9.38. The molecule has 142 valence electrons. The summed E-state index contributed by atoms with van der Waals surface area (Å²) in [5.74, 6) is 1.61. The maximum atomic E-state index is 13.4. The highest BCUT2D eigenvalue weighted by Gasteiger charge is 2.60. The van der Waals surface area contributed by atoms with Gasteiger partial charge in [-0.3, -0.25) is 4.79 Å². The SMILES string of the molecule is N#Cc1ccc(CNC(=O)C23CC4CC(C2)CC(c2ccccc2)(C4)C3)cc1. The van der Waals surface area contributed by atoms with Crippen molar-refractivity contribution >= 4 is 5.91 Å². The third-order valence-corrected chi connectivity index (χ3v) is 7.47. The lowest BCUT2D eigenvalue weighted by Gasteiger charge is -2.61. The van der Waals surface area contributed by atoms with Crippen LogP contribution in [0.25, 0.3) is 0 Å². The molecule has 0 aromatic heterocycles. The molecule has 1 N–H and O–H groups in total. The summed E-state index contributed by atoms with van der Waals surface area (Å²) in [6, 6.07) is 20.6. The van der Waals surface area contributed by atoms with E-state index >= 15 is 0 Å². The van der Waals surface area contributed by atoms with Gasteiger partial charge in [-0.25, -0.2) is 0 Å². The van der Waals surface area contributed by atoms with Crippen LogP contribution in [0.3, 0.4) is 0 Å². The standard InChI is InChI=1S/C25H26N2O/c26-15-18-6-8-19(9-7-18)16-27-23(28)25-13-20-10-21(14-25)12-24(11-20,17-25)22-4-2-1-3-5-22/h1-9,20-21H,10-14,16-17H2,(H,27,28). The molecule has 1 amide bonds. The molecule has 0 aliphatic heterocycles. The highest BCUT2D eigenvalue weighted by atomic mass is 16.2. The molecule has 3 nitrogen and oxygen atoms in total. The summed E-state index contributed by atoms with van der Waals surface area (Å²) in [5, 5.41) is 12.2. The Kier molecular flexibility index (Phi) is 4.05. The van der Waals surface area contributed by atoms with Crippen molar-refractivity contribution in [3.8, 4) is 6.07 Å². The van der Waals surface area contributed by atoms with Crippen LogP contribution in [0.2, 0.25) is 0 Å². The normalized spacial score (nSPS) is 32.7. The van der Waals surface area contributed by atoms with Crippen molar-refractivity contribution in [2.45, 2.75) is 50.5 Å². The van der Waals surface area contributed by atoms with Gasteiger partial charge in [0.2, 0.25) is 5.91 Å². The van der Waals surface area contributed by atoms with Gasteiger partial charge >= 0.3 is 0 Å². The van der Waals surface area contributed by atoms with E-state index in [1.165, 1.54) is 24.8 Å². The fourth-order valence-corrected chi connectivity index (χ4v) is 6.72. The summed E-state index contributed by atoms with van der Waals surface area (Å²) in [5.41, 5.74) is 3.13. The first-order valence-corrected chi connectivity index (χ1v) is 10.4. The highest BCUT2D eigenvalue weighted by molar-refractivity contribution is 5.83. The zero-order valence-electron chi connectivity index (χ0n) is 16.2. The summed E-state index contributed by atoms with van der Waals surface area (Å²) < 4.78 is 0. The van der Waals surface area contributed by atoms with Crippen LogP contribution >= 0.6 is 0 Å². The number of carbonyl (C=O) groups excluding carboxylic acids is 1. The molecule has 4 aliphatic rings. The molecule has 4 bridgehead atoms. The Labute approximate surface area is 166 Å². The molecule has 0 saturated heterocycles. The maximum absolute atomic E-state index is 13.4. The zero-order valence-corrected chi connectivity index (χ0v) is 16.2. The minimum Gasteiger partial charge on any atom is -0.352 e. The van der Waals surface area contributed by atoms with Crippen molar-refractivity contribution in [2.24, 2.45) is 17.3 Å². The third kappa shape index (κ3) is 2.83. The Hall–Kier alpha value is -2.60. The monoisotopic (exact) mass is 370 g/mol. The van der Waals surface area contributed by atoms with Gasteiger partial charge in [0, 0.05) is 6.54 Å². The number of nitriles is 1. The Balaban J connectivity index is 1.37. The van der Waals surface area contributed by atoms with Crippen LogP contribution in [0.4, 0.5) is 0 Å². The Morgan fingerprint density at radius 3 is 2.32 bits per heavy atom. The number of rotatable bonds is 4. The number of carbonyl (C=O) groups is 1. The van der Waals surface area contributed by atoms with Crippen LogP contribution in [-0.4, -0.2) is 5.91 Å². The molecule has 28 heavy (non-hydrogen) atoms. The van der Waals surface area contributed by atoms with Crippen molar-refractivity contribution in [1.29, 1.82) is 5.26 Å². The molecule has 4 saturated carbocycles. The first-order valence-electron chi connectivity index (χ1n) is 10.4.